The number of aliphatic carboxylic acids is 1. The first-order chi connectivity index (χ1) is 9.72. The molecule has 2 aromatic rings. The number of aryl methyl sites for hydroxylation is 1. The highest BCUT2D eigenvalue weighted by Gasteiger charge is 2.06. The molecule has 108 valence electrons. The quantitative estimate of drug-likeness (QED) is 0.748. The Labute approximate surface area is 119 Å². The molecule has 0 aliphatic heterocycles. The molecule has 1 aromatic carbocycles. The van der Waals surface area contributed by atoms with E-state index in [0.717, 1.165) is 42.6 Å². The predicted octanol–water partition coefficient (Wildman–Crippen LogP) is 3.69. The van der Waals surface area contributed by atoms with Crippen LogP contribution in [0, 0.1) is 0 Å². The normalized spacial score (nSPS) is 10.8. The van der Waals surface area contributed by atoms with E-state index in [1.807, 2.05) is 18.3 Å². The van der Waals surface area contributed by atoms with E-state index in [-0.39, 0.29) is 6.42 Å². The summed E-state index contributed by atoms with van der Waals surface area (Å²) in [5.74, 6) is 0.200. The Morgan fingerprint density at radius 1 is 1.30 bits per heavy atom. The van der Waals surface area contributed by atoms with Gasteiger partial charge in [0.15, 0.2) is 0 Å². The highest BCUT2D eigenvalue weighted by molar-refractivity contribution is 5.86. The Hall–Kier alpha value is -1.97. The molecule has 0 atom stereocenters. The molecule has 0 radical (unpaired) electrons. The molecule has 0 unspecified atom stereocenters. The lowest BCUT2D eigenvalue weighted by Crippen LogP contribution is -1.99. The monoisotopic (exact) mass is 275 g/mol. The lowest BCUT2D eigenvalue weighted by atomic mass is 10.2. The van der Waals surface area contributed by atoms with E-state index >= 15 is 0 Å². The summed E-state index contributed by atoms with van der Waals surface area (Å²) in [5, 5.41) is 9.76. The Morgan fingerprint density at radius 2 is 2.15 bits per heavy atom. The fourth-order valence-corrected chi connectivity index (χ4v) is 2.29. The fraction of sp³-hybridized carbons (Fsp3) is 0.438. The number of benzene rings is 1. The third-order valence-corrected chi connectivity index (χ3v) is 3.28. The first-order valence-electron chi connectivity index (χ1n) is 7.15. The van der Waals surface area contributed by atoms with E-state index in [1.54, 1.807) is 0 Å². The number of rotatable bonds is 8. The maximum Gasteiger partial charge on any atom is 0.303 e. The van der Waals surface area contributed by atoms with E-state index in [4.69, 9.17) is 9.84 Å². The molecule has 0 amide bonds. The largest absolute Gasteiger partial charge is 0.493 e. The van der Waals surface area contributed by atoms with Gasteiger partial charge in [-0.05, 0) is 37.5 Å². The van der Waals surface area contributed by atoms with Crippen LogP contribution in [0.3, 0.4) is 0 Å². The molecule has 1 aromatic heterocycles. The van der Waals surface area contributed by atoms with Crippen molar-refractivity contribution in [3.05, 3.63) is 30.5 Å². The van der Waals surface area contributed by atoms with Crippen LogP contribution in [-0.2, 0) is 11.3 Å². The standard InChI is InChI=1S/C16H21NO3/c1-2-12-20-15-7-5-6-14-13(15)9-11-17(14)10-4-3-8-16(18)19/h5-7,9,11H,2-4,8,10,12H2,1H3,(H,18,19). The fourth-order valence-electron chi connectivity index (χ4n) is 2.29. The SMILES string of the molecule is CCCOc1cccc2c1ccn2CCCCC(=O)O. The van der Waals surface area contributed by atoms with Gasteiger partial charge in [0.25, 0.3) is 0 Å². The number of aromatic nitrogens is 1. The van der Waals surface area contributed by atoms with Crippen molar-refractivity contribution in [1.82, 2.24) is 4.57 Å². The van der Waals surface area contributed by atoms with Crippen LogP contribution < -0.4 is 4.74 Å². The van der Waals surface area contributed by atoms with Crippen molar-refractivity contribution in [2.24, 2.45) is 0 Å². The van der Waals surface area contributed by atoms with Crippen LogP contribution in [0.5, 0.6) is 5.75 Å². The number of ether oxygens (including phenoxy) is 1. The minimum absolute atomic E-state index is 0.240. The van der Waals surface area contributed by atoms with Crippen molar-refractivity contribution in [1.29, 1.82) is 0 Å². The maximum absolute atomic E-state index is 10.5. The average Bonchev–Trinajstić information content (AvgIpc) is 2.85. The van der Waals surface area contributed by atoms with Crippen LogP contribution in [0.1, 0.15) is 32.6 Å². The third kappa shape index (κ3) is 3.53. The number of fused-ring (bicyclic) bond motifs is 1. The molecule has 0 saturated carbocycles. The molecule has 0 aliphatic carbocycles. The molecule has 4 heteroatoms. The second-order valence-electron chi connectivity index (χ2n) is 4.90. The molecule has 1 N–H and O–H groups in total. The van der Waals surface area contributed by atoms with Gasteiger partial charge in [-0.3, -0.25) is 4.79 Å². The zero-order valence-electron chi connectivity index (χ0n) is 11.8. The van der Waals surface area contributed by atoms with Crippen LogP contribution in [0.4, 0.5) is 0 Å². The first kappa shape index (κ1) is 14.4. The summed E-state index contributed by atoms with van der Waals surface area (Å²) in [7, 11) is 0. The molecule has 0 bridgehead atoms. The number of carbonyl (C=O) groups is 1. The minimum atomic E-state index is -0.724. The van der Waals surface area contributed by atoms with Crippen molar-refractivity contribution in [2.45, 2.75) is 39.2 Å². The molecular weight excluding hydrogens is 254 g/mol. The summed E-state index contributed by atoms with van der Waals surface area (Å²) in [6.07, 6.45) is 4.86. The van der Waals surface area contributed by atoms with E-state index in [2.05, 4.69) is 23.6 Å². The summed E-state index contributed by atoms with van der Waals surface area (Å²) in [5.41, 5.74) is 1.15. The first-order valence-corrected chi connectivity index (χ1v) is 7.15. The highest BCUT2D eigenvalue weighted by atomic mass is 16.5. The van der Waals surface area contributed by atoms with Crippen LogP contribution in [0.25, 0.3) is 10.9 Å². The smallest absolute Gasteiger partial charge is 0.303 e. The Kier molecular flexibility index (Phi) is 5.04. The number of hydrogen-bond acceptors (Lipinski definition) is 2. The summed E-state index contributed by atoms with van der Waals surface area (Å²) in [4.78, 5) is 10.5. The molecule has 1 heterocycles. The molecule has 4 nitrogen and oxygen atoms in total. The number of nitrogens with zero attached hydrogens (tertiary/aromatic N) is 1. The van der Waals surface area contributed by atoms with Crippen molar-refractivity contribution < 1.29 is 14.6 Å². The molecule has 0 saturated heterocycles. The van der Waals surface area contributed by atoms with E-state index < -0.39 is 5.97 Å². The molecule has 0 fully saturated rings. The topological polar surface area (TPSA) is 51.5 Å². The molecule has 2 rings (SSSR count). The van der Waals surface area contributed by atoms with Gasteiger partial charge in [-0.15, -0.1) is 0 Å². The van der Waals surface area contributed by atoms with E-state index in [9.17, 15) is 4.79 Å². The van der Waals surface area contributed by atoms with Gasteiger partial charge in [-0.2, -0.15) is 0 Å². The molecular formula is C16H21NO3. The molecule has 20 heavy (non-hydrogen) atoms. The third-order valence-electron chi connectivity index (χ3n) is 3.28. The second-order valence-corrected chi connectivity index (χ2v) is 4.90. The minimum Gasteiger partial charge on any atom is -0.493 e. The van der Waals surface area contributed by atoms with Crippen LogP contribution >= 0.6 is 0 Å². The Balaban J connectivity index is 2.05. The van der Waals surface area contributed by atoms with Crippen molar-refractivity contribution >= 4 is 16.9 Å². The van der Waals surface area contributed by atoms with Crippen LogP contribution in [-0.4, -0.2) is 22.2 Å². The van der Waals surface area contributed by atoms with Gasteiger partial charge in [-0.1, -0.05) is 13.0 Å². The van der Waals surface area contributed by atoms with E-state index in [0.29, 0.717) is 6.42 Å². The van der Waals surface area contributed by atoms with Gasteiger partial charge in [0.05, 0.1) is 12.1 Å². The Morgan fingerprint density at radius 3 is 2.90 bits per heavy atom. The molecule has 0 aliphatic rings. The van der Waals surface area contributed by atoms with Crippen molar-refractivity contribution in [3.8, 4) is 5.75 Å². The number of carboxylic acids is 1. The van der Waals surface area contributed by atoms with Gasteiger partial charge in [0.1, 0.15) is 5.75 Å². The van der Waals surface area contributed by atoms with Gasteiger partial charge in [-0.25, -0.2) is 0 Å². The van der Waals surface area contributed by atoms with Crippen LogP contribution in [0.2, 0.25) is 0 Å². The van der Waals surface area contributed by atoms with Crippen LogP contribution in [0.15, 0.2) is 30.5 Å². The Bertz CT molecular complexity index is 574. The van der Waals surface area contributed by atoms with Gasteiger partial charge in [0.2, 0.25) is 0 Å². The van der Waals surface area contributed by atoms with Gasteiger partial charge >= 0.3 is 5.97 Å². The number of carboxylic acid groups (broad SMARTS) is 1. The van der Waals surface area contributed by atoms with E-state index in [1.165, 1.54) is 0 Å². The zero-order chi connectivity index (χ0) is 14.4. The van der Waals surface area contributed by atoms with Gasteiger partial charge in [0, 0.05) is 24.5 Å². The van der Waals surface area contributed by atoms with Crippen molar-refractivity contribution in [2.75, 3.05) is 6.61 Å². The predicted molar refractivity (Wildman–Crippen MR) is 79.2 cm³/mol. The van der Waals surface area contributed by atoms with Gasteiger partial charge < -0.3 is 14.4 Å². The summed E-state index contributed by atoms with van der Waals surface area (Å²) in [6.45, 7) is 3.66. The van der Waals surface area contributed by atoms with Crippen molar-refractivity contribution in [3.63, 3.8) is 0 Å². The zero-order valence-corrected chi connectivity index (χ0v) is 11.8. The number of unbranched alkanes of at least 4 members (excludes halogenated alkanes) is 1. The second kappa shape index (κ2) is 6.98. The summed E-state index contributed by atoms with van der Waals surface area (Å²) in [6, 6.07) is 8.14. The molecule has 0 spiro atoms. The summed E-state index contributed by atoms with van der Waals surface area (Å²) < 4.78 is 7.91. The maximum atomic E-state index is 10.5. The summed E-state index contributed by atoms with van der Waals surface area (Å²) >= 11 is 0. The average molecular weight is 275 g/mol. The number of hydrogen-bond donors (Lipinski definition) is 1. The highest BCUT2D eigenvalue weighted by Crippen LogP contribution is 2.27. The lowest BCUT2D eigenvalue weighted by molar-refractivity contribution is -0.137. The lowest BCUT2D eigenvalue weighted by Gasteiger charge is -2.08.